The van der Waals surface area contributed by atoms with E-state index in [1.165, 1.54) is 0 Å². The summed E-state index contributed by atoms with van der Waals surface area (Å²) >= 11 is 0. The molecule has 0 aliphatic carbocycles. The Balaban J connectivity index is 1.59. The molecule has 0 aliphatic rings. The summed E-state index contributed by atoms with van der Waals surface area (Å²) in [6.07, 6.45) is 0. The van der Waals surface area contributed by atoms with Crippen LogP contribution >= 0.6 is 0 Å². The van der Waals surface area contributed by atoms with Gasteiger partial charge in [-0.05, 0) is 50.2 Å². The van der Waals surface area contributed by atoms with Crippen LogP contribution in [0.15, 0.2) is 84.9 Å². The van der Waals surface area contributed by atoms with Crippen LogP contribution < -0.4 is 10.6 Å². The first kappa shape index (κ1) is 22.9. The molecule has 178 valence electrons. The van der Waals surface area contributed by atoms with Gasteiger partial charge in [0.2, 0.25) is 0 Å². The predicted molar refractivity (Wildman–Crippen MR) is 143 cm³/mol. The molecule has 0 unspecified atom stereocenters. The van der Waals surface area contributed by atoms with Gasteiger partial charge < -0.3 is 20.8 Å². The topological polar surface area (TPSA) is 98.7 Å². The van der Waals surface area contributed by atoms with Gasteiger partial charge in [0.15, 0.2) is 0 Å². The van der Waals surface area contributed by atoms with Gasteiger partial charge in [-0.15, -0.1) is 0 Å². The first-order valence-electron chi connectivity index (χ1n) is 11.5. The van der Waals surface area contributed by atoms with E-state index in [9.17, 15) is 19.8 Å². The molecule has 2 amide bonds. The highest BCUT2D eigenvalue weighted by Gasteiger charge is 2.20. The molecule has 0 aliphatic heterocycles. The van der Waals surface area contributed by atoms with Crippen molar-refractivity contribution in [1.29, 1.82) is 0 Å². The molecular weight excluding hydrogens is 452 g/mol. The highest BCUT2D eigenvalue weighted by Crippen LogP contribution is 2.47. The third kappa shape index (κ3) is 4.09. The Morgan fingerprint density at radius 3 is 1.28 bits per heavy atom. The lowest BCUT2D eigenvalue weighted by atomic mass is 9.98. The van der Waals surface area contributed by atoms with Crippen LogP contribution in [0.25, 0.3) is 21.5 Å². The van der Waals surface area contributed by atoms with Gasteiger partial charge in [-0.2, -0.15) is 0 Å². The van der Waals surface area contributed by atoms with Crippen molar-refractivity contribution in [2.75, 3.05) is 10.6 Å². The fourth-order valence-corrected chi connectivity index (χ4v) is 4.29. The zero-order chi connectivity index (χ0) is 25.4. The van der Waals surface area contributed by atoms with Crippen molar-refractivity contribution in [2.45, 2.75) is 13.8 Å². The zero-order valence-electron chi connectivity index (χ0n) is 19.8. The maximum absolute atomic E-state index is 12.9. The Morgan fingerprint density at radius 1 is 0.556 bits per heavy atom. The van der Waals surface area contributed by atoms with Gasteiger partial charge in [0, 0.05) is 21.9 Å². The van der Waals surface area contributed by atoms with Crippen LogP contribution in [0.4, 0.5) is 11.4 Å². The molecule has 36 heavy (non-hydrogen) atoms. The maximum Gasteiger partial charge on any atom is 0.255 e. The monoisotopic (exact) mass is 476 g/mol. The van der Waals surface area contributed by atoms with E-state index in [1.54, 1.807) is 60.7 Å². The van der Waals surface area contributed by atoms with E-state index < -0.39 is 0 Å². The van der Waals surface area contributed by atoms with Gasteiger partial charge in [-0.25, -0.2) is 0 Å². The van der Waals surface area contributed by atoms with Crippen molar-refractivity contribution >= 4 is 44.7 Å². The van der Waals surface area contributed by atoms with E-state index in [2.05, 4.69) is 10.6 Å². The average molecular weight is 477 g/mol. The number of hydrogen-bond donors (Lipinski definition) is 4. The molecule has 0 spiro atoms. The van der Waals surface area contributed by atoms with Gasteiger partial charge in [-0.1, -0.05) is 59.7 Å². The highest BCUT2D eigenvalue weighted by molar-refractivity contribution is 6.21. The van der Waals surface area contributed by atoms with Crippen molar-refractivity contribution in [3.63, 3.8) is 0 Å². The number of anilines is 2. The van der Waals surface area contributed by atoms with Gasteiger partial charge >= 0.3 is 0 Å². The second-order valence-corrected chi connectivity index (χ2v) is 8.79. The lowest BCUT2D eigenvalue weighted by molar-refractivity contribution is 0.101. The number of aromatic hydroxyl groups is 2. The summed E-state index contributed by atoms with van der Waals surface area (Å²) in [5, 5.41) is 29.5. The van der Waals surface area contributed by atoms with Crippen LogP contribution in [0.2, 0.25) is 0 Å². The highest BCUT2D eigenvalue weighted by atomic mass is 16.3. The lowest BCUT2D eigenvalue weighted by Crippen LogP contribution is -2.12. The molecule has 0 atom stereocenters. The van der Waals surface area contributed by atoms with Gasteiger partial charge in [-0.3, -0.25) is 9.59 Å². The minimum Gasteiger partial charge on any atom is -0.507 e. The molecule has 4 N–H and O–H groups in total. The molecule has 0 aromatic heterocycles. The summed E-state index contributed by atoms with van der Waals surface area (Å²) in [6.45, 7) is 3.88. The molecule has 6 nitrogen and oxygen atoms in total. The lowest BCUT2D eigenvalue weighted by Gasteiger charge is -2.16. The molecular formula is C30H24N2O4. The molecule has 0 fully saturated rings. The SMILES string of the molecule is Cc1ccc(C(=O)Nc2cccc3c(O)c4c(NC(=O)c5ccc(C)cc5)cccc4c(O)c23)cc1. The number of carbonyl (C=O) groups excluding carboxylic acids is 2. The standard InChI is InChI=1S/C30H24N2O4/c1-17-9-13-19(14-10-17)29(35)31-23-7-3-5-21-25(23)27(33)22-6-4-8-24(26(22)28(21)34)32-30(36)20-15-11-18(2)12-16-20/h3-16,33-34H,1-2H3,(H,31,35)(H,32,36). The first-order valence-corrected chi connectivity index (χ1v) is 11.5. The third-order valence-electron chi connectivity index (χ3n) is 6.24. The van der Waals surface area contributed by atoms with E-state index in [0.29, 0.717) is 44.0 Å². The first-order chi connectivity index (χ1) is 17.3. The molecule has 0 saturated heterocycles. The fraction of sp³-hybridized carbons (Fsp3) is 0.0667. The van der Waals surface area contributed by atoms with E-state index in [1.807, 2.05) is 38.1 Å². The largest absolute Gasteiger partial charge is 0.507 e. The smallest absolute Gasteiger partial charge is 0.255 e. The second kappa shape index (κ2) is 9.07. The molecule has 6 heteroatoms. The Morgan fingerprint density at radius 2 is 0.917 bits per heavy atom. The zero-order valence-corrected chi connectivity index (χ0v) is 19.8. The number of phenolic OH excluding ortho intramolecular Hbond substituents is 2. The van der Waals surface area contributed by atoms with Crippen LogP contribution in [0.1, 0.15) is 31.8 Å². The molecule has 5 aromatic rings. The molecule has 0 saturated carbocycles. The number of nitrogens with one attached hydrogen (secondary N) is 2. The Bertz CT molecular complexity index is 1510. The number of hydrogen-bond acceptors (Lipinski definition) is 4. The van der Waals surface area contributed by atoms with Crippen LogP contribution in [0.3, 0.4) is 0 Å². The fourth-order valence-electron chi connectivity index (χ4n) is 4.29. The summed E-state index contributed by atoms with van der Waals surface area (Å²) in [5.74, 6) is -0.880. The number of aryl methyl sites for hydroxylation is 2. The van der Waals surface area contributed by atoms with Crippen molar-refractivity contribution in [1.82, 2.24) is 0 Å². The van der Waals surface area contributed by atoms with E-state index >= 15 is 0 Å². The van der Waals surface area contributed by atoms with Crippen LogP contribution in [-0.4, -0.2) is 22.0 Å². The van der Waals surface area contributed by atoms with Crippen molar-refractivity contribution < 1.29 is 19.8 Å². The van der Waals surface area contributed by atoms with E-state index in [-0.39, 0.29) is 23.3 Å². The Hall–Kier alpha value is -4.84. The molecule has 5 aromatic carbocycles. The van der Waals surface area contributed by atoms with Crippen LogP contribution in [-0.2, 0) is 0 Å². The van der Waals surface area contributed by atoms with Gasteiger partial charge in [0.25, 0.3) is 11.8 Å². The summed E-state index contributed by atoms with van der Waals surface area (Å²) in [7, 11) is 0. The number of benzene rings is 5. The summed E-state index contributed by atoms with van der Waals surface area (Å²) in [4.78, 5) is 25.7. The van der Waals surface area contributed by atoms with E-state index in [0.717, 1.165) is 11.1 Å². The van der Waals surface area contributed by atoms with E-state index in [4.69, 9.17) is 0 Å². The minimum absolute atomic E-state index is 0.107. The molecule has 0 bridgehead atoms. The van der Waals surface area contributed by atoms with Crippen LogP contribution in [0.5, 0.6) is 11.5 Å². The number of fused-ring (bicyclic) bond motifs is 2. The Labute approximate surface area is 207 Å². The maximum atomic E-state index is 12.9. The van der Waals surface area contributed by atoms with Gasteiger partial charge in [0.05, 0.1) is 22.1 Å². The van der Waals surface area contributed by atoms with Crippen molar-refractivity contribution in [2.24, 2.45) is 0 Å². The number of rotatable bonds is 4. The summed E-state index contributed by atoms with van der Waals surface area (Å²) in [5.41, 5.74) is 3.75. The normalized spacial score (nSPS) is 10.9. The van der Waals surface area contributed by atoms with Crippen molar-refractivity contribution in [3.8, 4) is 11.5 Å². The number of phenols is 2. The summed E-state index contributed by atoms with van der Waals surface area (Å²) in [6, 6.07) is 24.3. The van der Waals surface area contributed by atoms with Gasteiger partial charge in [0.1, 0.15) is 11.5 Å². The summed E-state index contributed by atoms with van der Waals surface area (Å²) < 4.78 is 0. The molecule has 5 rings (SSSR count). The molecule has 0 heterocycles. The second-order valence-electron chi connectivity index (χ2n) is 8.79. The quantitative estimate of drug-likeness (QED) is 0.175. The number of carbonyl (C=O) groups is 2. The van der Waals surface area contributed by atoms with Crippen molar-refractivity contribution in [3.05, 3.63) is 107 Å². The average Bonchev–Trinajstić information content (AvgIpc) is 2.88. The predicted octanol–water partition coefficient (Wildman–Crippen LogP) is 6.53. The minimum atomic E-state index is -0.333. The number of amides is 2. The molecule has 0 radical (unpaired) electrons. The van der Waals surface area contributed by atoms with Crippen LogP contribution in [0, 0.1) is 13.8 Å². The third-order valence-corrected chi connectivity index (χ3v) is 6.24. The Kier molecular flexibility index (Phi) is 5.78.